The van der Waals surface area contributed by atoms with Crippen LogP contribution < -0.4 is 16.0 Å². The third kappa shape index (κ3) is 4.05. The van der Waals surface area contributed by atoms with Gasteiger partial charge in [0, 0.05) is 30.8 Å². The van der Waals surface area contributed by atoms with Crippen molar-refractivity contribution in [2.45, 2.75) is 33.4 Å². The Morgan fingerprint density at radius 3 is 2.60 bits per heavy atom. The van der Waals surface area contributed by atoms with Crippen LogP contribution in [-0.2, 0) is 19.5 Å². The fourth-order valence-corrected chi connectivity index (χ4v) is 2.76. The molecule has 0 spiro atoms. The minimum absolute atomic E-state index is 0.0282. The normalized spacial score (nSPS) is 11.2. The first-order chi connectivity index (χ1) is 11.9. The van der Waals surface area contributed by atoms with E-state index in [0.29, 0.717) is 28.9 Å². The molecule has 0 aliphatic rings. The lowest BCUT2D eigenvalue weighted by Crippen LogP contribution is -2.32. The number of benzene rings is 1. The highest BCUT2D eigenvalue weighted by molar-refractivity contribution is 5.65. The standard InChI is InChI=1S/C18H24FN3O3/c1-11(2)10-22-18(24)14(9-20)13(6-7-23)17(21-22)12-4-5-16(25-3)15(19)8-12/h4-5,8,11,23H,6-7,9-10,20H2,1-3H3. The molecule has 1 aromatic carbocycles. The fourth-order valence-electron chi connectivity index (χ4n) is 2.76. The summed E-state index contributed by atoms with van der Waals surface area (Å²) in [4.78, 5) is 12.6. The predicted molar refractivity (Wildman–Crippen MR) is 94.0 cm³/mol. The van der Waals surface area contributed by atoms with Crippen molar-refractivity contribution in [2.24, 2.45) is 11.7 Å². The first kappa shape index (κ1) is 19.1. The SMILES string of the molecule is COc1ccc(-c2nn(CC(C)C)c(=O)c(CN)c2CCO)cc1F. The third-order valence-electron chi connectivity index (χ3n) is 3.89. The molecule has 1 aromatic heterocycles. The molecule has 0 bridgehead atoms. The van der Waals surface area contributed by atoms with E-state index in [-0.39, 0.29) is 36.8 Å². The molecule has 0 atom stereocenters. The summed E-state index contributed by atoms with van der Waals surface area (Å²) in [5.41, 5.74) is 7.44. The molecule has 0 saturated carbocycles. The van der Waals surface area contributed by atoms with E-state index in [1.165, 1.54) is 23.9 Å². The van der Waals surface area contributed by atoms with Crippen LogP contribution in [0.3, 0.4) is 0 Å². The molecule has 0 saturated heterocycles. The number of aliphatic hydroxyl groups excluding tert-OH is 1. The lowest BCUT2D eigenvalue weighted by atomic mass is 9.99. The zero-order valence-electron chi connectivity index (χ0n) is 14.8. The molecule has 6 nitrogen and oxygen atoms in total. The zero-order chi connectivity index (χ0) is 18.6. The monoisotopic (exact) mass is 349 g/mol. The van der Waals surface area contributed by atoms with Gasteiger partial charge in [0.1, 0.15) is 0 Å². The minimum atomic E-state index is -0.521. The Hall–Kier alpha value is -2.25. The van der Waals surface area contributed by atoms with E-state index in [0.717, 1.165) is 0 Å². The van der Waals surface area contributed by atoms with Crippen molar-refractivity contribution < 1.29 is 14.2 Å². The summed E-state index contributed by atoms with van der Waals surface area (Å²) in [6.45, 7) is 4.25. The van der Waals surface area contributed by atoms with Crippen LogP contribution in [0.2, 0.25) is 0 Å². The van der Waals surface area contributed by atoms with Crippen molar-refractivity contribution in [3.05, 3.63) is 45.5 Å². The molecule has 0 aliphatic heterocycles. The maximum Gasteiger partial charge on any atom is 0.271 e. The Morgan fingerprint density at radius 2 is 2.08 bits per heavy atom. The summed E-state index contributed by atoms with van der Waals surface area (Å²) < 4.78 is 20.4. The second kappa shape index (κ2) is 8.22. The fraction of sp³-hybridized carbons (Fsp3) is 0.444. The zero-order valence-corrected chi connectivity index (χ0v) is 14.8. The van der Waals surface area contributed by atoms with Gasteiger partial charge in [-0.25, -0.2) is 9.07 Å². The highest BCUT2D eigenvalue weighted by atomic mass is 19.1. The van der Waals surface area contributed by atoms with Crippen molar-refractivity contribution in [1.82, 2.24) is 9.78 Å². The van der Waals surface area contributed by atoms with E-state index in [4.69, 9.17) is 10.5 Å². The highest BCUT2D eigenvalue weighted by Crippen LogP contribution is 2.27. The van der Waals surface area contributed by atoms with E-state index >= 15 is 0 Å². The predicted octanol–water partition coefficient (Wildman–Crippen LogP) is 1.71. The summed E-state index contributed by atoms with van der Waals surface area (Å²) in [7, 11) is 1.39. The summed E-state index contributed by atoms with van der Waals surface area (Å²) in [6.07, 6.45) is 0.222. The molecule has 2 aromatic rings. The number of nitrogens with zero attached hydrogens (tertiary/aromatic N) is 2. The smallest absolute Gasteiger partial charge is 0.271 e. The van der Waals surface area contributed by atoms with Crippen molar-refractivity contribution in [2.75, 3.05) is 13.7 Å². The van der Waals surface area contributed by atoms with E-state index in [1.807, 2.05) is 13.8 Å². The van der Waals surface area contributed by atoms with Gasteiger partial charge >= 0.3 is 0 Å². The Kier molecular flexibility index (Phi) is 6.27. The van der Waals surface area contributed by atoms with Crippen molar-refractivity contribution in [3.63, 3.8) is 0 Å². The van der Waals surface area contributed by atoms with Crippen LogP contribution in [0.1, 0.15) is 25.0 Å². The Balaban J connectivity index is 2.73. The van der Waals surface area contributed by atoms with Gasteiger partial charge in [0.25, 0.3) is 5.56 Å². The number of aliphatic hydroxyl groups is 1. The van der Waals surface area contributed by atoms with Crippen LogP contribution in [0.15, 0.2) is 23.0 Å². The number of halogens is 1. The second-order valence-corrected chi connectivity index (χ2v) is 6.21. The van der Waals surface area contributed by atoms with Crippen molar-refractivity contribution >= 4 is 0 Å². The van der Waals surface area contributed by atoms with Gasteiger partial charge in [-0.2, -0.15) is 5.10 Å². The lowest BCUT2D eigenvalue weighted by Gasteiger charge is -2.17. The van der Waals surface area contributed by atoms with Crippen LogP contribution in [0, 0.1) is 11.7 Å². The largest absolute Gasteiger partial charge is 0.494 e. The summed E-state index contributed by atoms with van der Waals surface area (Å²) in [6, 6.07) is 4.50. The maximum atomic E-state index is 14.1. The Bertz CT molecular complexity index is 803. The van der Waals surface area contributed by atoms with Crippen LogP contribution in [0.25, 0.3) is 11.3 Å². The molecule has 0 radical (unpaired) electrons. The van der Waals surface area contributed by atoms with Crippen molar-refractivity contribution in [1.29, 1.82) is 0 Å². The summed E-state index contributed by atoms with van der Waals surface area (Å²) in [5, 5.41) is 13.8. The average molecular weight is 349 g/mol. The third-order valence-corrected chi connectivity index (χ3v) is 3.89. The van der Waals surface area contributed by atoms with Crippen LogP contribution >= 0.6 is 0 Å². The molecule has 3 N–H and O–H groups in total. The molecule has 0 fully saturated rings. The molecule has 136 valence electrons. The van der Waals surface area contributed by atoms with E-state index in [9.17, 15) is 14.3 Å². The van der Waals surface area contributed by atoms with Gasteiger partial charge in [-0.3, -0.25) is 4.79 Å². The summed E-state index contributed by atoms with van der Waals surface area (Å²) in [5.74, 6) is -0.186. The number of methoxy groups -OCH3 is 1. The first-order valence-electron chi connectivity index (χ1n) is 8.20. The van der Waals surface area contributed by atoms with E-state index < -0.39 is 5.82 Å². The number of rotatable bonds is 7. The quantitative estimate of drug-likeness (QED) is 0.794. The van der Waals surface area contributed by atoms with Crippen LogP contribution in [-0.4, -0.2) is 28.6 Å². The number of hydrogen-bond donors (Lipinski definition) is 2. The van der Waals surface area contributed by atoms with Gasteiger partial charge < -0.3 is 15.6 Å². The topological polar surface area (TPSA) is 90.4 Å². The second-order valence-electron chi connectivity index (χ2n) is 6.21. The van der Waals surface area contributed by atoms with Gasteiger partial charge in [-0.05, 0) is 36.1 Å². The molecular formula is C18H24FN3O3. The number of aromatic nitrogens is 2. The van der Waals surface area contributed by atoms with Gasteiger partial charge in [0.2, 0.25) is 0 Å². The lowest BCUT2D eigenvalue weighted by molar-refractivity contribution is 0.299. The number of ether oxygens (including phenoxy) is 1. The van der Waals surface area contributed by atoms with Crippen LogP contribution in [0.5, 0.6) is 5.75 Å². The molecule has 2 rings (SSSR count). The van der Waals surface area contributed by atoms with Crippen molar-refractivity contribution in [3.8, 4) is 17.0 Å². The number of hydrogen-bond acceptors (Lipinski definition) is 5. The molecule has 0 aliphatic carbocycles. The number of nitrogens with two attached hydrogens (primary N) is 1. The van der Waals surface area contributed by atoms with Gasteiger partial charge in [0.15, 0.2) is 11.6 Å². The molecule has 7 heteroatoms. The van der Waals surface area contributed by atoms with Crippen LogP contribution in [0.4, 0.5) is 4.39 Å². The van der Waals surface area contributed by atoms with E-state index in [2.05, 4.69) is 5.10 Å². The van der Waals surface area contributed by atoms with E-state index in [1.54, 1.807) is 6.07 Å². The summed E-state index contributed by atoms with van der Waals surface area (Å²) >= 11 is 0. The molecular weight excluding hydrogens is 325 g/mol. The molecule has 0 unspecified atom stereocenters. The molecule has 0 amide bonds. The first-order valence-corrected chi connectivity index (χ1v) is 8.20. The minimum Gasteiger partial charge on any atom is -0.494 e. The molecule has 1 heterocycles. The van der Waals surface area contributed by atoms with Gasteiger partial charge in [0.05, 0.1) is 12.8 Å². The Morgan fingerprint density at radius 1 is 1.36 bits per heavy atom. The highest BCUT2D eigenvalue weighted by Gasteiger charge is 2.19. The van der Waals surface area contributed by atoms with Gasteiger partial charge in [-0.15, -0.1) is 0 Å². The van der Waals surface area contributed by atoms with Gasteiger partial charge in [-0.1, -0.05) is 13.8 Å². The average Bonchev–Trinajstić information content (AvgIpc) is 2.57. The molecule has 25 heavy (non-hydrogen) atoms. The Labute approximate surface area is 146 Å². The maximum absolute atomic E-state index is 14.1.